The summed E-state index contributed by atoms with van der Waals surface area (Å²) >= 11 is 0.851. The first-order chi connectivity index (χ1) is 11.9. The highest BCUT2D eigenvalue weighted by atomic mass is 32.1. The molecule has 25 heavy (non-hydrogen) atoms. The van der Waals surface area contributed by atoms with Gasteiger partial charge in [0.2, 0.25) is 0 Å². The molecule has 0 aliphatic carbocycles. The smallest absolute Gasteiger partial charge is 0.308 e. The molecule has 0 aliphatic heterocycles. The van der Waals surface area contributed by atoms with Crippen molar-refractivity contribution in [3.63, 3.8) is 0 Å². The van der Waals surface area contributed by atoms with Crippen LogP contribution in [0.1, 0.15) is 34.3 Å². The van der Waals surface area contributed by atoms with E-state index in [9.17, 15) is 14.4 Å². The van der Waals surface area contributed by atoms with Crippen LogP contribution in [0.15, 0.2) is 29.1 Å². The minimum absolute atomic E-state index is 0.191. The Labute approximate surface area is 148 Å². The molecule has 1 heterocycles. The molecular weight excluding hydrogens is 342 g/mol. The van der Waals surface area contributed by atoms with Crippen molar-refractivity contribution < 1.29 is 14.3 Å². The molecule has 2 aromatic rings. The number of carbonyl (C=O) groups excluding carboxylic acids is 2. The number of para-hydroxylation sites is 1. The average Bonchev–Trinajstić information content (AvgIpc) is 2.84. The van der Waals surface area contributed by atoms with Crippen molar-refractivity contribution in [3.05, 3.63) is 50.1 Å². The molecule has 0 radical (unpaired) electrons. The van der Waals surface area contributed by atoms with Crippen molar-refractivity contribution >= 4 is 23.2 Å². The Bertz CT molecular complexity index is 892. The van der Waals surface area contributed by atoms with Crippen molar-refractivity contribution in [1.29, 1.82) is 5.26 Å². The predicted molar refractivity (Wildman–Crippen MR) is 92.7 cm³/mol. The zero-order valence-electron chi connectivity index (χ0n) is 13.9. The normalized spacial score (nSPS) is 10.1. The lowest BCUT2D eigenvalue weighted by Gasteiger charge is -2.10. The predicted octanol–water partition coefficient (Wildman–Crippen LogP) is 1.84. The molecule has 0 unspecified atom stereocenters. The minimum Gasteiger partial charge on any atom is -0.426 e. The van der Waals surface area contributed by atoms with E-state index in [1.807, 2.05) is 6.07 Å². The van der Waals surface area contributed by atoms with Crippen LogP contribution in [0, 0.1) is 18.3 Å². The van der Waals surface area contributed by atoms with Gasteiger partial charge in [-0.15, -0.1) is 0 Å². The van der Waals surface area contributed by atoms with E-state index in [-0.39, 0.29) is 30.3 Å². The number of carbonyl (C=O) groups is 2. The van der Waals surface area contributed by atoms with E-state index in [0.717, 1.165) is 11.3 Å². The van der Waals surface area contributed by atoms with Crippen LogP contribution in [0.4, 0.5) is 0 Å². The zero-order chi connectivity index (χ0) is 18.4. The van der Waals surface area contributed by atoms with E-state index in [4.69, 9.17) is 10.00 Å². The molecule has 8 heteroatoms. The molecule has 0 saturated heterocycles. The number of nitrogens with zero attached hydrogens (tertiary/aromatic N) is 2. The van der Waals surface area contributed by atoms with E-state index >= 15 is 0 Å². The van der Waals surface area contributed by atoms with Gasteiger partial charge in [0.05, 0.1) is 19.0 Å². The SMILES string of the molecule is CC(=O)Oc1ccccc1Cn1c(C)c(C(=O)NCCC#N)sc1=O. The second kappa shape index (κ2) is 8.26. The van der Waals surface area contributed by atoms with Gasteiger partial charge in [-0.3, -0.25) is 19.0 Å². The summed E-state index contributed by atoms with van der Waals surface area (Å²) in [6, 6.07) is 8.87. The van der Waals surface area contributed by atoms with Gasteiger partial charge in [0, 0.05) is 24.7 Å². The summed E-state index contributed by atoms with van der Waals surface area (Å²) in [6.45, 7) is 3.42. The topological polar surface area (TPSA) is 101 Å². The third-order valence-corrected chi connectivity index (χ3v) is 4.51. The number of hydrogen-bond acceptors (Lipinski definition) is 6. The Morgan fingerprint density at radius 1 is 1.36 bits per heavy atom. The summed E-state index contributed by atoms with van der Waals surface area (Å²) in [7, 11) is 0. The van der Waals surface area contributed by atoms with Gasteiger partial charge in [-0.25, -0.2) is 0 Å². The van der Waals surface area contributed by atoms with Crippen LogP contribution in [-0.4, -0.2) is 23.0 Å². The molecule has 1 aromatic heterocycles. The van der Waals surface area contributed by atoms with E-state index < -0.39 is 5.97 Å². The number of ether oxygens (including phenoxy) is 1. The second-order valence-corrected chi connectivity index (χ2v) is 6.20. The van der Waals surface area contributed by atoms with E-state index in [1.54, 1.807) is 31.2 Å². The highest BCUT2D eigenvalue weighted by Gasteiger charge is 2.18. The van der Waals surface area contributed by atoms with Crippen LogP contribution in [0.3, 0.4) is 0 Å². The van der Waals surface area contributed by atoms with Crippen molar-refractivity contribution in [1.82, 2.24) is 9.88 Å². The van der Waals surface area contributed by atoms with Gasteiger partial charge in [0.1, 0.15) is 10.6 Å². The third kappa shape index (κ3) is 4.55. The van der Waals surface area contributed by atoms with E-state index in [1.165, 1.54) is 11.5 Å². The van der Waals surface area contributed by atoms with E-state index in [2.05, 4.69) is 5.32 Å². The minimum atomic E-state index is -0.445. The quantitative estimate of drug-likeness (QED) is 0.482. The second-order valence-electron chi connectivity index (χ2n) is 5.23. The fourth-order valence-corrected chi connectivity index (χ4v) is 3.15. The first kappa shape index (κ1) is 18.4. The number of nitrogens with one attached hydrogen (secondary N) is 1. The first-order valence-electron chi connectivity index (χ1n) is 7.55. The number of esters is 1. The molecule has 1 N–H and O–H groups in total. The fourth-order valence-electron chi connectivity index (χ4n) is 2.24. The maximum atomic E-state index is 12.3. The number of thiazole rings is 1. The van der Waals surface area contributed by atoms with Crippen molar-refractivity contribution in [2.24, 2.45) is 0 Å². The molecule has 130 valence electrons. The fraction of sp³-hybridized carbons (Fsp3) is 0.294. The summed E-state index contributed by atoms with van der Waals surface area (Å²) in [5, 5.41) is 11.1. The van der Waals surface area contributed by atoms with E-state index in [0.29, 0.717) is 21.9 Å². The summed E-state index contributed by atoms with van der Waals surface area (Å²) in [5.74, 6) is -0.436. The molecule has 2 rings (SSSR count). The van der Waals surface area contributed by atoms with Crippen LogP contribution in [-0.2, 0) is 11.3 Å². The summed E-state index contributed by atoms with van der Waals surface area (Å²) in [5.41, 5.74) is 1.19. The first-order valence-corrected chi connectivity index (χ1v) is 8.37. The van der Waals surface area contributed by atoms with Gasteiger partial charge in [0.25, 0.3) is 5.91 Å². The monoisotopic (exact) mass is 359 g/mol. The highest BCUT2D eigenvalue weighted by Crippen LogP contribution is 2.21. The van der Waals surface area contributed by atoms with Crippen molar-refractivity contribution in [2.45, 2.75) is 26.8 Å². The molecule has 1 amide bonds. The molecular formula is C17H17N3O4S. The number of rotatable bonds is 6. The molecule has 0 atom stereocenters. The number of amides is 1. The molecule has 0 aliphatic rings. The summed E-state index contributed by atoms with van der Waals surface area (Å²) in [4.78, 5) is 35.7. The Balaban J connectivity index is 2.28. The van der Waals surface area contributed by atoms with Crippen molar-refractivity contribution in [3.8, 4) is 11.8 Å². The van der Waals surface area contributed by atoms with Gasteiger partial charge in [-0.05, 0) is 13.0 Å². The number of nitriles is 1. The molecule has 1 aromatic carbocycles. The largest absolute Gasteiger partial charge is 0.426 e. The highest BCUT2D eigenvalue weighted by molar-refractivity contribution is 7.11. The molecule has 0 spiro atoms. The third-order valence-electron chi connectivity index (χ3n) is 3.43. The van der Waals surface area contributed by atoms with Crippen LogP contribution < -0.4 is 14.9 Å². The maximum absolute atomic E-state index is 12.3. The summed E-state index contributed by atoms with van der Waals surface area (Å²) < 4.78 is 6.62. The number of hydrogen-bond donors (Lipinski definition) is 1. The lowest BCUT2D eigenvalue weighted by molar-refractivity contribution is -0.131. The van der Waals surface area contributed by atoms with Gasteiger partial charge in [-0.1, -0.05) is 29.5 Å². The molecule has 0 saturated carbocycles. The molecule has 0 bridgehead atoms. The van der Waals surface area contributed by atoms with Crippen molar-refractivity contribution in [2.75, 3.05) is 6.54 Å². The Hall–Kier alpha value is -2.92. The molecule has 7 nitrogen and oxygen atoms in total. The Morgan fingerprint density at radius 3 is 2.76 bits per heavy atom. The van der Waals surface area contributed by atoms with Gasteiger partial charge >= 0.3 is 10.8 Å². The van der Waals surface area contributed by atoms with Crippen LogP contribution in [0.5, 0.6) is 5.75 Å². The lowest BCUT2D eigenvalue weighted by Crippen LogP contribution is -2.24. The van der Waals surface area contributed by atoms with Crippen LogP contribution >= 0.6 is 11.3 Å². The average molecular weight is 359 g/mol. The standard InChI is InChI=1S/C17H17N3O4S/c1-11-15(16(22)19-9-5-8-18)25-17(23)20(11)10-13-6-3-4-7-14(13)24-12(2)21/h3-4,6-7H,5,9-10H2,1-2H3,(H,19,22). The van der Waals surface area contributed by atoms with Crippen LogP contribution in [0.25, 0.3) is 0 Å². The van der Waals surface area contributed by atoms with Gasteiger partial charge in [-0.2, -0.15) is 5.26 Å². The Morgan fingerprint density at radius 2 is 2.08 bits per heavy atom. The zero-order valence-corrected chi connectivity index (χ0v) is 14.7. The van der Waals surface area contributed by atoms with Gasteiger partial charge < -0.3 is 10.1 Å². The maximum Gasteiger partial charge on any atom is 0.308 e. The van der Waals surface area contributed by atoms with Crippen LogP contribution in [0.2, 0.25) is 0 Å². The van der Waals surface area contributed by atoms with Gasteiger partial charge in [0.15, 0.2) is 0 Å². The molecule has 0 fully saturated rings. The Kier molecular flexibility index (Phi) is 6.08. The number of benzene rings is 1. The number of aromatic nitrogens is 1. The summed E-state index contributed by atoms with van der Waals surface area (Å²) in [6.07, 6.45) is 0.205. The lowest BCUT2D eigenvalue weighted by atomic mass is 10.2.